The molecule has 0 aromatic rings. The Morgan fingerprint density at radius 2 is 2.00 bits per heavy atom. The monoisotopic (exact) mass is 110 g/mol. The van der Waals surface area contributed by atoms with E-state index in [4.69, 9.17) is 21.5 Å². The first-order valence-corrected chi connectivity index (χ1v) is 2.00. The minimum absolute atomic E-state index is 0.250. The van der Waals surface area contributed by atoms with E-state index in [0.29, 0.717) is 0 Å². The van der Waals surface area contributed by atoms with Gasteiger partial charge in [0.15, 0.2) is 0 Å². The maximum absolute atomic E-state index is 8.36. The highest BCUT2D eigenvalue weighted by Crippen LogP contribution is 1.59. The Bertz CT molecular complexity index is 22.8. The first-order chi connectivity index (χ1) is 2.83. The summed E-state index contributed by atoms with van der Waals surface area (Å²) in [7, 11) is 0. The Morgan fingerprint density at radius 3 is 2.00 bits per heavy atom. The van der Waals surface area contributed by atoms with Gasteiger partial charge in [-0.1, -0.05) is 6.92 Å². The van der Waals surface area contributed by atoms with Gasteiger partial charge in [0.1, 0.15) is 0 Å². The van der Waals surface area contributed by atoms with E-state index >= 15 is 0 Å². The fourth-order valence-electron chi connectivity index (χ4n) is 0. The largest absolute Gasteiger partial charge is 0.483 e. The topological polar surface area (TPSA) is 37.3 Å². The zero-order valence-corrected chi connectivity index (χ0v) is 4.27. The van der Waals surface area contributed by atoms with E-state index < -0.39 is 0 Å². The van der Waals surface area contributed by atoms with Crippen molar-refractivity contribution in [2.75, 3.05) is 5.88 Å². The molecule has 6 heavy (non-hydrogen) atoms. The molecule has 0 saturated heterocycles. The quantitative estimate of drug-likeness (QED) is 0.372. The molecule has 0 radical (unpaired) electrons. The van der Waals surface area contributed by atoms with Crippen LogP contribution in [0.4, 0.5) is 0 Å². The molecule has 38 valence electrons. The lowest BCUT2D eigenvalue weighted by molar-refractivity contribution is -0.122. The smallest absolute Gasteiger partial charge is 0.290 e. The maximum Gasteiger partial charge on any atom is 0.290 e. The van der Waals surface area contributed by atoms with Crippen LogP contribution in [0.25, 0.3) is 0 Å². The van der Waals surface area contributed by atoms with Gasteiger partial charge in [0.05, 0.1) is 0 Å². The van der Waals surface area contributed by atoms with Crippen LogP contribution in [0.5, 0.6) is 0 Å². The summed E-state index contributed by atoms with van der Waals surface area (Å²) in [6, 6.07) is 0. The molecule has 0 amide bonds. The van der Waals surface area contributed by atoms with Crippen LogP contribution in [0, 0.1) is 0 Å². The molecule has 0 aromatic carbocycles. The zero-order valence-electron chi connectivity index (χ0n) is 3.52. The van der Waals surface area contributed by atoms with Gasteiger partial charge in [-0.05, 0) is 0 Å². The Kier molecular flexibility index (Phi) is 33.4. The first-order valence-electron chi connectivity index (χ1n) is 1.47. The van der Waals surface area contributed by atoms with Crippen LogP contribution in [0.1, 0.15) is 6.92 Å². The summed E-state index contributed by atoms with van der Waals surface area (Å²) in [6.07, 6.45) is 0. The number of rotatable bonds is 0. The molecule has 0 unspecified atom stereocenters. The third kappa shape index (κ3) is 497. The maximum atomic E-state index is 8.36. The molecule has 3 heteroatoms. The third-order valence-electron chi connectivity index (χ3n) is 0. The number of alkyl halides is 1. The van der Waals surface area contributed by atoms with Crippen LogP contribution in [0.2, 0.25) is 0 Å². The lowest BCUT2D eigenvalue weighted by Gasteiger charge is -1.45. The predicted molar refractivity (Wildman–Crippen MR) is 25.1 cm³/mol. The molecule has 1 N–H and O–H groups in total. The van der Waals surface area contributed by atoms with Gasteiger partial charge in [0.25, 0.3) is 6.47 Å². The highest BCUT2D eigenvalue weighted by atomic mass is 35.5. The fourth-order valence-corrected chi connectivity index (χ4v) is 0. The number of hydrogen-bond donors (Lipinski definition) is 1. The summed E-state index contributed by atoms with van der Waals surface area (Å²) in [6.45, 7) is 1.64. The van der Waals surface area contributed by atoms with Gasteiger partial charge in [0.2, 0.25) is 0 Å². The van der Waals surface area contributed by atoms with Gasteiger partial charge < -0.3 is 5.11 Å². The van der Waals surface area contributed by atoms with Gasteiger partial charge >= 0.3 is 0 Å². The van der Waals surface area contributed by atoms with Gasteiger partial charge in [-0.15, -0.1) is 11.6 Å². The third-order valence-corrected chi connectivity index (χ3v) is 0. The van der Waals surface area contributed by atoms with Gasteiger partial charge in [-0.2, -0.15) is 0 Å². The second-order valence-corrected chi connectivity index (χ2v) is 0.907. The molecule has 0 aliphatic rings. The summed E-state index contributed by atoms with van der Waals surface area (Å²) in [5.41, 5.74) is 0. The van der Waals surface area contributed by atoms with Crippen LogP contribution < -0.4 is 0 Å². The average Bonchev–Trinajstić information content (AvgIpc) is 1.39. The van der Waals surface area contributed by atoms with Crippen molar-refractivity contribution in [2.24, 2.45) is 0 Å². The standard InChI is InChI=1S/C2H5Cl.CH2O2/c1-2-3;2-1-3/h2H2,1H3;1H,(H,2,3). The molecule has 0 aliphatic heterocycles. The first kappa shape index (κ1) is 9.23. The van der Waals surface area contributed by atoms with Crippen LogP contribution in [-0.2, 0) is 4.79 Å². The Hall–Kier alpha value is -0.240. The van der Waals surface area contributed by atoms with Crippen molar-refractivity contribution >= 4 is 18.1 Å². The zero-order chi connectivity index (χ0) is 5.41. The summed E-state index contributed by atoms with van der Waals surface area (Å²) in [4.78, 5) is 8.36. The predicted octanol–water partition coefficient (Wildman–Crippen LogP) is 0.946. The van der Waals surface area contributed by atoms with E-state index in [1.165, 1.54) is 0 Å². The molecule has 0 atom stereocenters. The van der Waals surface area contributed by atoms with Crippen molar-refractivity contribution in [1.82, 2.24) is 0 Å². The molecule has 0 fully saturated rings. The van der Waals surface area contributed by atoms with E-state index in [1.807, 2.05) is 6.92 Å². The number of halogens is 1. The summed E-state index contributed by atoms with van der Waals surface area (Å²) < 4.78 is 0. The molecule has 0 aromatic heterocycles. The minimum atomic E-state index is -0.250. The Morgan fingerprint density at radius 1 is 2.00 bits per heavy atom. The van der Waals surface area contributed by atoms with Gasteiger partial charge in [-0.25, -0.2) is 0 Å². The second kappa shape index (κ2) is 21.7. The molecule has 0 spiro atoms. The molecule has 0 heterocycles. The number of hydrogen-bond acceptors (Lipinski definition) is 1. The van der Waals surface area contributed by atoms with Crippen molar-refractivity contribution in [2.45, 2.75) is 6.92 Å². The van der Waals surface area contributed by atoms with E-state index in [2.05, 4.69) is 0 Å². The van der Waals surface area contributed by atoms with E-state index in [0.717, 1.165) is 5.88 Å². The number of carboxylic acid groups (broad SMARTS) is 1. The molecule has 0 aliphatic carbocycles. The highest BCUT2D eigenvalue weighted by molar-refractivity contribution is 6.17. The Balaban J connectivity index is 0. The van der Waals surface area contributed by atoms with Gasteiger partial charge in [0, 0.05) is 5.88 Å². The van der Waals surface area contributed by atoms with Crippen molar-refractivity contribution in [1.29, 1.82) is 0 Å². The van der Waals surface area contributed by atoms with Gasteiger partial charge in [-0.3, -0.25) is 4.79 Å². The van der Waals surface area contributed by atoms with Crippen LogP contribution in [0.3, 0.4) is 0 Å². The molecular weight excluding hydrogens is 103 g/mol. The summed E-state index contributed by atoms with van der Waals surface area (Å²) >= 11 is 5.00. The average molecular weight is 111 g/mol. The molecule has 0 rings (SSSR count). The summed E-state index contributed by atoms with van der Waals surface area (Å²) in [5, 5.41) is 6.89. The Labute approximate surface area is 41.7 Å². The van der Waals surface area contributed by atoms with Crippen molar-refractivity contribution in [3.05, 3.63) is 0 Å². The number of carbonyl (C=O) groups is 1. The molecule has 0 bridgehead atoms. The highest BCUT2D eigenvalue weighted by Gasteiger charge is 1.38. The van der Waals surface area contributed by atoms with Crippen molar-refractivity contribution in [3.8, 4) is 0 Å². The minimum Gasteiger partial charge on any atom is -0.483 e. The van der Waals surface area contributed by atoms with E-state index in [9.17, 15) is 0 Å². The van der Waals surface area contributed by atoms with E-state index in [1.54, 1.807) is 0 Å². The SMILES string of the molecule is CCCl.O=CO. The van der Waals surface area contributed by atoms with Crippen LogP contribution in [-0.4, -0.2) is 17.5 Å². The second-order valence-electron chi connectivity index (χ2n) is 0.373. The lowest BCUT2D eigenvalue weighted by Crippen LogP contribution is -1.49. The summed E-state index contributed by atoms with van der Waals surface area (Å²) in [5.74, 6) is 0.722. The molecule has 0 saturated carbocycles. The normalized spacial score (nSPS) is 5.00. The fraction of sp³-hybridized carbons (Fsp3) is 0.667. The van der Waals surface area contributed by atoms with Crippen LogP contribution in [0.15, 0.2) is 0 Å². The van der Waals surface area contributed by atoms with Crippen LogP contribution >= 0.6 is 11.6 Å². The van der Waals surface area contributed by atoms with E-state index in [-0.39, 0.29) is 6.47 Å². The van der Waals surface area contributed by atoms with Crippen molar-refractivity contribution in [3.63, 3.8) is 0 Å². The van der Waals surface area contributed by atoms with Crippen molar-refractivity contribution < 1.29 is 9.90 Å². The molecular formula is C3H7ClO2. The molecule has 2 nitrogen and oxygen atoms in total. The lowest BCUT2D eigenvalue weighted by atomic mass is 11.0.